The van der Waals surface area contributed by atoms with E-state index in [0.29, 0.717) is 29.7 Å². The fraction of sp³-hybridized carbons (Fsp3) is 0.565. The number of hydrogen-bond acceptors (Lipinski definition) is 4. The third-order valence-electron chi connectivity index (χ3n) is 6.85. The highest BCUT2D eigenvalue weighted by Crippen LogP contribution is 2.53. The fourth-order valence-corrected chi connectivity index (χ4v) is 4.84. The van der Waals surface area contributed by atoms with Gasteiger partial charge in [0, 0.05) is 32.3 Å². The molecule has 2 aliphatic heterocycles. The molecule has 3 fully saturated rings. The predicted molar refractivity (Wildman–Crippen MR) is 122 cm³/mol. The molecule has 0 unspecified atom stereocenters. The van der Waals surface area contributed by atoms with Crippen LogP contribution >= 0.6 is 23.2 Å². The van der Waals surface area contributed by atoms with Gasteiger partial charge in [-0.2, -0.15) is 0 Å². The van der Waals surface area contributed by atoms with Gasteiger partial charge in [0.1, 0.15) is 6.54 Å². The van der Waals surface area contributed by atoms with Crippen LogP contribution in [0, 0.1) is 5.41 Å². The molecule has 1 saturated carbocycles. The zero-order chi connectivity index (χ0) is 22.0. The molecular formula is C23H29Cl2N3O3. The van der Waals surface area contributed by atoms with Crippen molar-refractivity contribution in [2.75, 3.05) is 45.8 Å². The Balaban J connectivity index is 1.19. The molecule has 1 aromatic carbocycles. The first-order valence-corrected chi connectivity index (χ1v) is 11.7. The highest BCUT2D eigenvalue weighted by Gasteiger charge is 2.51. The van der Waals surface area contributed by atoms with Gasteiger partial charge in [0.25, 0.3) is 0 Å². The summed E-state index contributed by atoms with van der Waals surface area (Å²) in [4.78, 5) is 30.7. The number of nitrogens with zero attached hydrogens (tertiary/aromatic N) is 3. The van der Waals surface area contributed by atoms with Crippen LogP contribution in [0.25, 0.3) is 6.08 Å². The number of halogens is 2. The molecule has 0 aromatic heterocycles. The second-order valence-corrected chi connectivity index (χ2v) is 9.74. The number of benzene rings is 1. The average Bonchev–Trinajstić information content (AvgIpc) is 3.53. The van der Waals surface area contributed by atoms with E-state index < -0.39 is 0 Å². The molecule has 2 amide bonds. The van der Waals surface area contributed by atoms with Crippen molar-refractivity contribution in [2.45, 2.75) is 31.8 Å². The Bertz CT molecular complexity index is 872. The zero-order valence-corrected chi connectivity index (χ0v) is 19.1. The Labute approximate surface area is 193 Å². The van der Waals surface area contributed by atoms with E-state index in [1.165, 1.54) is 18.9 Å². The maximum Gasteiger partial charge on any atom is 0.247 e. The van der Waals surface area contributed by atoms with Gasteiger partial charge in [0.2, 0.25) is 11.8 Å². The zero-order valence-electron chi connectivity index (χ0n) is 17.6. The van der Waals surface area contributed by atoms with Crippen LogP contribution in [0.15, 0.2) is 24.3 Å². The van der Waals surface area contributed by atoms with Crippen LogP contribution in [-0.2, 0) is 9.59 Å². The lowest BCUT2D eigenvalue weighted by molar-refractivity contribution is -0.143. The van der Waals surface area contributed by atoms with Crippen molar-refractivity contribution in [3.05, 3.63) is 39.9 Å². The highest BCUT2D eigenvalue weighted by molar-refractivity contribution is 6.42. The number of aliphatic hydroxyl groups excluding tert-OH is 1. The van der Waals surface area contributed by atoms with Gasteiger partial charge < -0.3 is 19.8 Å². The summed E-state index contributed by atoms with van der Waals surface area (Å²) in [5.41, 5.74) is 1.01. The maximum atomic E-state index is 12.5. The number of carbonyl (C=O) groups excluding carboxylic acids is 2. The Hall–Kier alpha value is -1.60. The fourth-order valence-electron chi connectivity index (χ4n) is 4.53. The third kappa shape index (κ3) is 5.43. The molecule has 6 nitrogen and oxygen atoms in total. The van der Waals surface area contributed by atoms with Crippen LogP contribution in [0.4, 0.5) is 0 Å². The van der Waals surface area contributed by atoms with E-state index in [1.807, 2.05) is 4.90 Å². The molecule has 2 saturated heterocycles. The molecule has 1 atom stereocenters. The van der Waals surface area contributed by atoms with Gasteiger partial charge in [-0.25, -0.2) is 0 Å². The Kier molecular flexibility index (Phi) is 6.92. The van der Waals surface area contributed by atoms with Gasteiger partial charge >= 0.3 is 0 Å². The molecule has 168 valence electrons. The largest absolute Gasteiger partial charge is 0.391 e. The maximum absolute atomic E-state index is 12.5. The number of aliphatic hydroxyl groups is 1. The van der Waals surface area contributed by atoms with Gasteiger partial charge in [-0.15, -0.1) is 0 Å². The minimum Gasteiger partial charge on any atom is -0.391 e. The van der Waals surface area contributed by atoms with Gasteiger partial charge in [-0.05, 0) is 68.0 Å². The van der Waals surface area contributed by atoms with Gasteiger partial charge in [0.15, 0.2) is 0 Å². The summed E-state index contributed by atoms with van der Waals surface area (Å²) < 4.78 is 0. The van der Waals surface area contributed by atoms with Crippen LogP contribution in [-0.4, -0.2) is 83.5 Å². The molecule has 4 rings (SSSR count). The Morgan fingerprint density at radius 3 is 2.61 bits per heavy atom. The SMILES string of the molecule is O=C(/C=C/c1ccc(Cl)c(Cl)c1)N1CCN(CCCN2CCC3(CC3)[C@H](O)C2)C(=O)C1. The summed E-state index contributed by atoms with van der Waals surface area (Å²) in [6, 6.07) is 5.17. The van der Waals surface area contributed by atoms with Crippen molar-refractivity contribution >= 4 is 41.1 Å². The van der Waals surface area contributed by atoms with Gasteiger partial charge in [-0.3, -0.25) is 9.59 Å². The second kappa shape index (κ2) is 9.49. The molecule has 1 aromatic rings. The average molecular weight is 466 g/mol. The van der Waals surface area contributed by atoms with Crippen molar-refractivity contribution in [3.63, 3.8) is 0 Å². The lowest BCUT2D eigenvalue weighted by Gasteiger charge is -2.37. The number of piperidine rings is 1. The van der Waals surface area contributed by atoms with Crippen LogP contribution < -0.4 is 0 Å². The summed E-state index contributed by atoms with van der Waals surface area (Å²) in [5, 5.41) is 11.2. The summed E-state index contributed by atoms with van der Waals surface area (Å²) in [7, 11) is 0. The highest BCUT2D eigenvalue weighted by atomic mass is 35.5. The summed E-state index contributed by atoms with van der Waals surface area (Å²) in [5.74, 6) is -0.200. The number of rotatable bonds is 6. The summed E-state index contributed by atoms with van der Waals surface area (Å²) in [6.45, 7) is 4.57. The monoisotopic (exact) mass is 465 g/mol. The molecule has 1 N–H and O–H groups in total. The smallest absolute Gasteiger partial charge is 0.247 e. The standard InChI is InChI=1S/C23H29Cl2N3O3/c24-18-4-2-17(14-19(18)25)3-5-21(30)28-13-12-27(22(31)16-28)10-1-9-26-11-8-23(6-7-23)20(29)15-26/h2-5,14,20,29H,1,6-13,15-16H2/b5-3+/t20-/m1/s1. The first kappa shape index (κ1) is 22.6. The topological polar surface area (TPSA) is 64.1 Å². The van der Waals surface area contributed by atoms with E-state index in [4.69, 9.17) is 23.2 Å². The van der Waals surface area contributed by atoms with E-state index in [0.717, 1.165) is 38.0 Å². The molecule has 3 aliphatic rings. The molecule has 0 radical (unpaired) electrons. The first-order chi connectivity index (χ1) is 14.9. The van der Waals surface area contributed by atoms with Gasteiger partial charge in [-0.1, -0.05) is 29.3 Å². The van der Waals surface area contributed by atoms with Crippen LogP contribution in [0.2, 0.25) is 10.0 Å². The molecule has 0 bridgehead atoms. The molecule has 8 heteroatoms. The van der Waals surface area contributed by atoms with Crippen LogP contribution in [0.3, 0.4) is 0 Å². The summed E-state index contributed by atoms with van der Waals surface area (Å²) in [6.07, 6.45) is 7.26. The minimum atomic E-state index is -0.200. The molecule has 31 heavy (non-hydrogen) atoms. The van der Waals surface area contributed by atoms with E-state index in [1.54, 1.807) is 29.2 Å². The predicted octanol–water partition coefficient (Wildman–Crippen LogP) is 2.91. The van der Waals surface area contributed by atoms with Crippen LogP contribution in [0.1, 0.15) is 31.2 Å². The number of piperazine rings is 1. The molecular weight excluding hydrogens is 437 g/mol. The van der Waals surface area contributed by atoms with E-state index >= 15 is 0 Å². The first-order valence-electron chi connectivity index (χ1n) is 11.0. The molecule has 1 spiro atoms. The Morgan fingerprint density at radius 2 is 1.94 bits per heavy atom. The number of amides is 2. The van der Waals surface area contributed by atoms with Crippen molar-refractivity contribution in [2.24, 2.45) is 5.41 Å². The lowest BCUT2D eigenvalue weighted by Crippen LogP contribution is -2.52. The van der Waals surface area contributed by atoms with Crippen molar-refractivity contribution in [1.82, 2.24) is 14.7 Å². The minimum absolute atomic E-state index is 0.0156. The van der Waals surface area contributed by atoms with E-state index in [-0.39, 0.29) is 29.9 Å². The molecule has 1 aliphatic carbocycles. The van der Waals surface area contributed by atoms with Crippen molar-refractivity contribution in [1.29, 1.82) is 0 Å². The Morgan fingerprint density at radius 1 is 1.13 bits per heavy atom. The summed E-state index contributed by atoms with van der Waals surface area (Å²) >= 11 is 11.9. The number of carbonyl (C=O) groups is 2. The van der Waals surface area contributed by atoms with Gasteiger partial charge in [0.05, 0.1) is 16.1 Å². The quantitative estimate of drug-likeness (QED) is 0.655. The van der Waals surface area contributed by atoms with Crippen molar-refractivity contribution in [3.8, 4) is 0 Å². The molecule has 2 heterocycles. The van der Waals surface area contributed by atoms with Crippen molar-refractivity contribution < 1.29 is 14.7 Å². The lowest BCUT2D eigenvalue weighted by atomic mass is 9.90. The van der Waals surface area contributed by atoms with E-state index in [9.17, 15) is 14.7 Å². The normalized spacial score (nSPS) is 23.7. The number of likely N-dealkylation sites (tertiary alicyclic amines) is 1. The van der Waals surface area contributed by atoms with E-state index in [2.05, 4.69) is 4.90 Å². The second-order valence-electron chi connectivity index (χ2n) is 8.93. The third-order valence-corrected chi connectivity index (χ3v) is 7.59. The van der Waals surface area contributed by atoms with Crippen LogP contribution in [0.5, 0.6) is 0 Å². The number of hydrogen-bond donors (Lipinski definition) is 1. The number of β-amino-alcohol motifs (C(OH)–C–C–N with tert-alkyl or cyclic N) is 1.